The predicted molar refractivity (Wildman–Crippen MR) is 137 cm³/mol. The number of hydrogen-bond acceptors (Lipinski definition) is 2. The summed E-state index contributed by atoms with van der Waals surface area (Å²) < 4.78 is 4.52. The van der Waals surface area contributed by atoms with Crippen LogP contribution in [0.5, 0.6) is 0 Å². The molecule has 4 nitrogen and oxygen atoms in total. The number of nitrogens with two attached hydrogens (primary N) is 1. The molecule has 1 aliphatic rings. The Balaban J connectivity index is 0.00000341. The van der Waals surface area contributed by atoms with E-state index in [4.69, 9.17) is 5.73 Å². The van der Waals surface area contributed by atoms with Crippen molar-refractivity contribution >= 4 is 32.7 Å². The van der Waals surface area contributed by atoms with E-state index in [-0.39, 0.29) is 12.4 Å². The molecule has 7 heteroatoms. The van der Waals surface area contributed by atoms with Gasteiger partial charge in [-0.2, -0.15) is 0 Å². The molecule has 1 saturated heterocycles. The fourth-order valence-corrected chi connectivity index (χ4v) is 7.28. The molecule has 0 amide bonds. The van der Waals surface area contributed by atoms with Gasteiger partial charge in [0.15, 0.2) is 0 Å². The zero-order valence-electron chi connectivity index (χ0n) is 20.9. The Morgan fingerprint density at radius 1 is 1.13 bits per heavy atom. The summed E-state index contributed by atoms with van der Waals surface area (Å²) in [6.45, 7) is 19.2. The summed E-state index contributed by atoms with van der Waals surface area (Å²) >= 11 is 0. The Morgan fingerprint density at radius 2 is 1.81 bits per heavy atom. The zero-order chi connectivity index (χ0) is 22.3. The van der Waals surface area contributed by atoms with Crippen molar-refractivity contribution < 1.29 is 17.0 Å². The predicted octanol–water partition coefficient (Wildman–Crippen LogP) is 1.34. The van der Waals surface area contributed by atoms with Gasteiger partial charge in [0.1, 0.15) is 18.4 Å². The highest BCUT2D eigenvalue weighted by Gasteiger charge is 2.32. The second kappa shape index (κ2) is 9.71. The average molecular weight is 479 g/mol. The van der Waals surface area contributed by atoms with E-state index in [1.54, 1.807) is 0 Å². The van der Waals surface area contributed by atoms with Gasteiger partial charge in [-0.05, 0) is 35.2 Å². The number of anilines is 2. The molecule has 1 aromatic heterocycles. The summed E-state index contributed by atoms with van der Waals surface area (Å²) in [5.41, 5.74) is 12.4. The van der Waals surface area contributed by atoms with Crippen molar-refractivity contribution in [1.29, 1.82) is 0 Å². The van der Waals surface area contributed by atoms with E-state index >= 15 is 0 Å². The van der Waals surface area contributed by atoms with Crippen LogP contribution in [0.2, 0.25) is 45.3 Å². The van der Waals surface area contributed by atoms with Gasteiger partial charge in [0.25, 0.3) is 0 Å². The number of imidazole rings is 1. The van der Waals surface area contributed by atoms with E-state index < -0.39 is 16.1 Å². The van der Waals surface area contributed by atoms with Crippen LogP contribution in [0.15, 0.2) is 24.8 Å². The van der Waals surface area contributed by atoms with Gasteiger partial charge in [0.2, 0.25) is 6.33 Å². The van der Waals surface area contributed by atoms with E-state index in [0.29, 0.717) is 6.04 Å². The number of aryl methyl sites for hydroxylation is 1. The highest BCUT2D eigenvalue weighted by Crippen LogP contribution is 2.35. The lowest BCUT2D eigenvalue weighted by molar-refractivity contribution is -0.671. The minimum absolute atomic E-state index is 0. The highest BCUT2D eigenvalue weighted by molar-refractivity contribution is 6.89. The second-order valence-corrected chi connectivity index (χ2v) is 22.1. The van der Waals surface area contributed by atoms with Crippen molar-refractivity contribution in [2.24, 2.45) is 7.05 Å². The molecule has 1 unspecified atom stereocenters. The number of halogens is 1. The summed E-state index contributed by atoms with van der Waals surface area (Å²) in [4.78, 5) is 2.64. The summed E-state index contributed by atoms with van der Waals surface area (Å²) in [5.74, 6) is 0. The molecule has 3 rings (SSSR count). The molecule has 31 heavy (non-hydrogen) atoms. The van der Waals surface area contributed by atoms with Crippen LogP contribution in [-0.2, 0) is 19.9 Å². The molecule has 2 N–H and O–H groups in total. The maximum Gasteiger partial charge on any atom is 0.243 e. The molecule has 1 fully saturated rings. The topological polar surface area (TPSA) is 38.1 Å². The third-order valence-corrected chi connectivity index (χ3v) is 10.4. The van der Waals surface area contributed by atoms with Crippen LogP contribution in [0.25, 0.3) is 0 Å². The molecule has 0 bridgehead atoms. The third-order valence-electron chi connectivity index (χ3n) is 6.57. The molecule has 0 radical (unpaired) electrons. The first kappa shape index (κ1) is 26.0. The Morgan fingerprint density at radius 3 is 2.32 bits per heavy atom. The molecular formula is C24H43ClN4Si2. The number of benzene rings is 1. The van der Waals surface area contributed by atoms with Crippen LogP contribution in [0, 0.1) is 0 Å². The van der Waals surface area contributed by atoms with Crippen molar-refractivity contribution in [3.63, 3.8) is 0 Å². The quantitative estimate of drug-likeness (QED) is 0.370. The minimum Gasteiger partial charge on any atom is -1.00 e. The van der Waals surface area contributed by atoms with E-state index in [1.807, 2.05) is 0 Å². The molecular weight excluding hydrogens is 436 g/mol. The minimum atomic E-state index is -1.53. The largest absolute Gasteiger partial charge is 1.00 e. The van der Waals surface area contributed by atoms with E-state index in [0.717, 1.165) is 31.6 Å². The fraction of sp³-hybridized carbons (Fsp3) is 0.625. The van der Waals surface area contributed by atoms with Gasteiger partial charge in [-0.15, -0.1) is 0 Å². The van der Waals surface area contributed by atoms with Crippen molar-refractivity contribution in [3.05, 3.63) is 35.9 Å². The zero-order valence-corrected chi connectivity index (χ0v) is 23.7. The normalized spacial score (nSPS) is 17.2. The summed E-state index contributed by atoms with van der Waals surface area (Å²) in [6, 6.07) is 4.34. The number of hydrogen-bond donors (Lipinski definition) is 1. The van der Waals surface area contributed by atoms with Crippen LogP contribution >= 0.6 is 0 Å². The summed E-state index contributed by atoms with van der Waals surface area (Å²) in [5, 5.41) is 1.45. The molecule has 1 atom stereocenters. The highest BCUT2D eigenvalue weighted by atomic mass is 35.5. The molecule has 1 aromatic carbocycles. The SMILES string of the molecule is CCc1c(N2CCC(n3cc[n+](C)c3)C2)cc([Si](C)(C)C)c(N)c1CC[Si](C)(C)C.[Cl-]. The maximum absolute atomic E-state index is 6.89. The first-order valence-electron chi connectivity index (χ1n) is 11.6. The van der Waals surface area contributed by atoms with Crippen LogP contribution < -0.4 is 32.8 Å². The lowest BCUT2D eigenvalue weighted by atomic mass is 9.98. The Labute approximate surface area is 198 Å². The fourth-order valence-electron chi connectivity index (χ4n) is 4.75. The number of rotatable bonds is 7. The van der Waals surface area contributed by atoms with Gasteiger partial charge in [0, 0.05) is 32.4 Å². The molecule has 2 heterocycles. The van der Waals surface area contributed by atoms with Crippen molar-refractivity contribution in [2.45, 2.75) is 77.6 Å². The third kappa shape index (κ3) is 5.96. The molecule has 0 aliphatic carbocycles. The second-order valence-electron chi connectivity index (χ2n) is 11.4. The summed E-state index contributed by atoms with van der Waals surface area (Å²) in [7, 11) is -0.555. The lowest BCUT2D eigenvalue weighted by Gasteiger charge is -2.30. The van der Waals surface area contributed by atoms with Gasteiger partial charge < -0.3 is 23.0 Å². The van der Waals surface area contributed by atoms with E-state index in [1.165, 1.54) is 34.5 Å². The standard InChI is InChI=1S/C24H43N4Si2.ClH/c1-9-20-21(11-15-29(3,4)5)24(25)23(30(6,7)8)16-22(20)27-12-10-19(17-27)28-14-13-26(2)18-28;/h13-14,16,18-19H,9-12,15,17,25H2,1-8H3;1H/q+1;/p-1. The van der Waals surface area contributed by atoms with Crippen LogP contribution in [-0.4, -0.2) is 33.8 Å². The van der Waals surface area contributed by atoms with Gasteiger partial charge in [-0.1, -0.05) is 52.2 Å². The Kier molecular flexibility index (Phi) is 8.15. The molecule has 2 aromatic rings. The van der Waals surface area contributed by atoms with Crippen LogP contribution in [0.4, 0.5) is 11.4 Å². The first-order chi connectivity index (χ1) is 13.9. The van der Waals surface area contributed by atoms with Crippen LogP contribution in [0.1, 0.15) is 30.5 Å². The van der Waals surface area contributed by atoms with E-state index in [2.05, 4.69) is 92.1 Å². The van der Waals surface area contributed by atoms with Gasteiger partial charge in [0.05, 0.1) is 21.7 Å². The van der Waals surface area contributed by atoms with Gasteiger partial charge >= 0.3 is 0 Å². The van der Waals surface area contributed by atoms with Crippen molar-refractivity contribution in [1.82, 2.24) is 4.57 Å². The van der Waals surface area contributed by atoms with Gasteiger partial charge in [-0.25, -0.2) is 9.13 Å². The number of aromatic nitrogens is 2. The number of nitrogens with zero attached hydrogens (tertiary/aromatic N) is 3. The van der Waals surface area contributed by atoms with Crippen molar-refractivity contribution in [3.8, 4) is 0 Å². The smallest absolute Gasteiger partial charge is 0.243 e. The Bertz CT molecular complexity index is 896. The molecule has 0 spiro atoms. The van der Waals surface area contributed by atoms with Crippen molar-refractivity contribution in [2.75, 3.05) is 23.7 Å². The summed E-state index contributed by atoms with van der Waals surface area (Å²) in [6.07, 6.45) is 9.97. The molecule has 174 valence electrons. The first-order valence-corrected chi connectivity index (χ1v) is 18.8. The monoisotopic (exact) mass is 478 g/mol. The lowest BCUT2D eigenvalue weighted by Crippen LogP contribution is -3.00. The Hall–Kier alpha value is -1.25. The average Bonchev–Trinajstić information content (AvgIpc) is 3.27. The molecule has 0 saturated carbocycles. The number of nitrogen functional groups attached to an aromatic ring is 1. The van der Waals surface area contributed by atoms with Crippen LogP contribution in [0.3, 0.4) is 0 Å². The van der Waals surface area contributed by atoms with E-state index in [9.17, 15) is 0 Å². The maximum atomic E-state index is 6.89. The molecule has 1 aliphatic heterocycles. The van der Waals surface area contributed by atoms with Gasteiger partial charge in [-0.3, -0.25) is 0 Å².